The maximum absolute atomic E-state index is 13.7. The highest BCUT2D eigenvalue weighted by molar-refractivity contribution is 8.32. The Bertz CT molecular complexity index is 2080. The van der Waals surface area contributed by atoms with Crippen molar-refractivity contribution < 1.29 is 38.2 Å². The largest absolute Gasteiger partial charge is 0.453 e. The maximum atomic E-state index is 13.7. The number of hydrogen-bond acceptors (Lipinski definition) is 9. The first-order chi connectivity index (χ1) is 31.5. The number of carbonyl (C=O) groups excluding carboxylic acids is 6. The predicted octanol–water partition coefficient (Wildman–Crippen LogP) is 7.83. The number of nitrogens with one attached hydrogen (secondary N) is 4. The molecule has 3 aliphatic rings. The highest BCUT2D eigenvalue weighted by Gasteiger charge is 2.41. The second-order valence-corrected chi connectivity index (χ2v) is 22.8. The smallest absolute Gasteiger partial charge is 0.407 e. The van der Waals surface area contributed by atoms with Crippen LogP contribution >= 0.6 is 10.0 Å². The molecule has 3 heterocycles. The van der Waals surface area contributed by atoms with Gasteiger partial charge in [0, 0.05) is 30.2 Å². The standard InChI is InChI=1S/C50H69N7O8S/c1-10-66(8,9)38-25-23-37(24-26-38)57-39(33-15-19-35(20-16-33)51-45(58)41-13-11-29-55(41)47(60)43(31(2)3)53-49(62)64-6)27-28-40(57)34-17-21-36(22-18-34)52-46(59)42-14-12-30-56(42)48(61)44(32(4)5)54-50(63)65-7/h15-26,31-32,39-44H,10-14,27-30H2,1-9H3,(H,51,58)(H,52,59)(H,53,62)(H,54,63)/t39-,40+,41-,42-,43-,44-/m0/s1. The van der Waals surface area contributed by atoms with Crippen LogP contribution in [0.2, 0.25) is 0 Å². The molecule has 3 saturated heterocycles. The summed E-state index contributed by atoms with van der Waals surface area (Å²) in [6.45, 7) is 10.5. The summed E-state index contributed by atoms with van der Waals surface area (Å²) >= 11 is 0. The number of likely N-dealkylation sites (tertiary alicyclic amines) is 2. The van der Waals surface area contributed by atoms with Gasteiger partial charge in [-0.2, -0.15) is 0 Å². The number of methoxy groups -OCH3 is 2. The van der Waals surface area contributed by atoms with Crippen molar-refractivity contribution in [3.8, 4) is 0 Å². The molecule has 0 unspecified atom stereocenters. The molecule has 66 heavy (non-hydrogen) atoms. The number of carbonyl (C=O) groups is 6. The van der Waals surface area contributed by atoms with Crippen molar-refractivity contribution in [1.82, 2.24) is 20.4 Å². The van der Waals surface area contributed by atoms with Crippen LogP contribution in [0.5, 0.6) is 0 Å². The van der Waals surface area contributed by atoms with Gasteiger partial charge in [0.25, 0.3) is 0 Å². The Morgan fingerprint density at radius 1 is 0.606 bits per heavy atom. The zero-order chi connectivity index (χ0) is 47.9. The third-order valence-corrected chi connectivity index (χ3v) is 16.5. The van der Waals surface area contributed by atoms with E-state index in [4.69, 9.17) is 9.47 Å². The fourth-order valence-corrected chi connectivity index (χ4v) is 10.6. The Morgan fingerprint density at radius 2 is 1.00 bits per heavy atom. The van der Waals surface area contributed by atoms with E-state index in [0.717, 1.165) is 35.4 Å². The molecular weight excluding hydrogens is 859 g/mol. The Morgan fingerprint density at radius 3 is 1.35 bits per heavy atom. The molecule has 6 rings (SSSR count). The fourth-order valence-electron chi connectivity index (χ4n) is 9.37. The van der Waals surface area contributed by atoms with E-state index in [0.29, 0.717) is 50.1 Å². The van der Waals surface area contributed by atoms with Crippen molar-refractivity contribution in [2.45, 2.75) is 114 Å². The Balaban J connectivity index is 1.18. The Kier molecular flexibility index (Phi) is 16.3. The number of hydrogen-bond donors (Lipinski definition) is 4. The molecule has 6 atom stereocenters. The van der Waals surface area contributed by atoms with Crippen molar-refractivity contribution in [1.29, 1.82) is 0 Å². The third kappa shape index (κ3) is 11.2. The number of alkyl carbamates (subject to hydrolysis) is 2. The molecule has 0 aliphatic carbocycles. The molecule has 4 N–H and O–H groups in total. The van der Waals surface area contributed by atoms with Gasteiger partial charge in [0.1, 0.15) is 24.2 Å². The first-order valence-corrected chi connectivity index (χ1v) is 25.8. The molecule has 0 spiro atoms. The summed E-state index contributed by atoms with van der Waals surface area (Å²) in [6, 6.07) is 22.0. The van der Waals surface area contributed by atoms with E-state index in [2.05, 4.69) is 94.1 Å². The van der Waals surface area contributed by atoms with E-state index in [9.17, 15) is 28.8 Å². The normalized spacial score (nSPS) is 20.7. The molecule has 6 amide bonds. The lowest BCUT2D eigenvalue weighted by Crippen LogP contribution is -2.54. The zero-order valence-corrected chi connectivity index (χ0v) is 40.7. The number of rotatable bonds is 15. The van der Waals surface area contributed by atoms with Crippen LogP contribution in [0.25, 0.3) is 0 Å². The van der Waals surface area contributed by atoms with Gasteiger partial charge in [0.05, 0.1) is 26.3 Å². The van der Waals surface area contributed by atoms with E-state index >= 15 is 0 Å². The average Bonchev–Trinajstić information content (AvgIpc) is 4.11. The lowest BCUT2D eigenvalue weighted by atomic mass is 10.0. The molecule has 0 radical (unpaired) electrons. The van der Waals surface area contributed by atoms with Crippen LogP contribution < -0.4 is 26.2 Å². The highest BCUT2D eigenvalue weighted by atomic mass is 32.3. The van der Waals surface area contributed by atoms with Crippen molar-refractivity contribution in [2.24, 2.45) is 11.8 Å². The van der Waals surface area contributed by atoms with E-state index in [1.165, 1.54) is 19.1 Å². The van der Waals surface area contributed by atoms with Gasteiger partial charge in [0.15, 0.2) is 0 Å². The van der Waals surface area contributed by atoms with Gasteiger partial charge in [-0.05, 0) is 133 Å². The van der Waals surface area contributed by atoms with Crippen molar-refractivity contribution in [2.75, 3.05) is 61.1 Å². The van der Waals surface area contributed by atoms with E-state index in [1.807, 2.05) is 52.0 Å². The van der Waals surface area contributed by atoms with Crippen LogP contribution in [0.4, 0.5) is 26.7 Å². The average molecular weight is 928 g/mol. The first-order valence-electron chi connectivity index (χ1n) is 23.2. The van der Waals surface area contributed by atoms with Crippen LogP contribution in [0, 0.1) is 11.8 Å². The number of anilines is 3. The molecular formula is C50H69N7O8S. The van der Waals surface area contributed by atoms with Crippen molar-refractivity contribution in [3.05, 3.63) is 83.9 Å². The minimum atomic E-state index is -0.932. The molecule has 0 aromatic heterocycles. The molecule has 3 fully saturated rings. The van der Waals surface area contributed by atoms with Crippen molar-refractivity contribution in [3.63, 3.8) is 0 Å². The summed E-state index contributed by atoms with van der Waals surface area (Å²) in [4.78, 5) is 85.6. The minimum Gasteiger partial charge on any atom is -0.453 e. The molecule has 0 bridgehead atoms. The van der Waals surface area contributed by atoms with E-state index < -0.39 is 46.4 Å². The monoisotopic (exact) mass is 927 g/mol. The maximum Gasteiger partial charge on any atom is 0.407 e. The summed E-state index contributed by atoms with van der Waals surface area (Å²) in [5, 5.41) is 11.4. The summed E-state index contributed by atoms with van der Waals surface area (Å²) in [5.41, 5.74) is 4.57. The summed E-state index contributed by atoms with van der Waals surface area (Å²) in [7, 11) is 1.58. The summed E-state index contributed by atoms with van der Waals surface area (Å²) < 4.78 is 9.50. The van der Waals surface area contributed by atoms with Gasteiger partial charge < -0.3 is 45.4 Å². The topological polar surface area (TPSA) is 179 Å². The Labute approximate surface area is 391 Å². The fraction of sp³-hybridized carbons (Fsp3) is 0.520. The summed E-state index contributed by atoms with van der Waals surface area (Å²) in [5.74, 6) is -0.452. The van der Waals surface area contributed by atoms with Crippen LogP contribution in [0.3, 0.4) is 0 Å². The minimum absolute atomic E-state index is 0.0314. The number of ether oxygens (including phenoxy) is 2. The van der Waals surface area contributed by atoms with E-state index in [1.54, 1.807) is 9.80 Å². The van der Waals surface area contributed by atoms with Gasteiger partial charge in [0.2, 0.25) is 23.6 Å². The predicted molar refractivity (Wildman–Crippen MR) is 260 cm³/mol. The van der Waals surface area contributed by atoms with Gasteiger partial charge in [-0.1, -0.05) is 58.9 Å². The van der Waals surface area contributed by atoms with Crippen LogP contribution in [0.1, 0.15) is 96.4 Å². The summed E-state index contributed by atoms with van der Waals surface area (Å²) in [6.07, 6.45) is 7.46. The van der Waals surface area contributed by atoms with Crippen LogP contribution in [-0.2, 0) is 28.7 Å². The van der Waals surface area contributed by atoms with Gasteiger partial charge in [-0.15, -0.1) is 0 Å². The third-order valence-electron chi connectivity index (χ3n) is 13.5. The molecule has 16 heteroatoms. The SMILES string of the molecule is CCS(C)(C)c1ccc(N2[C@@H](c3ccc(NC(=O)[C@@H]4CCCN4C(=O)[C@@H](NC(=O)OC)C(C)C)cc3)CC[C@H]2c2ccc(NC(=O)[C@@H]3CCCN3C(=O)[C@@H](NC(=O)OC)C(C)C)cc2)cc1. The Hall–Kier alpha value is -5.77. The van der Waals surface area contributed by atoms with Crippen LogP contribution in [0.15, 0.2) is 77.7 Å². The zero-order valence-electron chi connectivity index (χ0n) is 39.9. The highest BCUT2D eigenvalue weighted by Crippen LogP contribution is 2.51. The molecule has 0 saturated carbocycles. The second-order valence-electron chi connectivity index (χ2n) is 18.7. The lowest BCUT2D eigenvalue weighted by Gasteiger charge is -2.35. The lowest BCUT2D eigenvalue weighted by molar-refractivity contribution is -0.139. The van der Waals surface area contributed by atoms with Gasteiger partial charge >= 0.3 is 12.2 Å². The molecule has 358 valence electrons. The molecule has 3 aromatic carbocycles. The molecule has 3 aliphatic heterocycles. The molecule has 15 nitrogen and oxygen atoms in total. The van der Waals surface area contributed by atoms with Gasteiger partial charge in [-0.3, -0.25) is 19.2 Å². The molecule has 3 aromatic rings. The van der Waals surface area contributed by atoms with Crippen LogP contribution in [-0.4, -0.2) is 115 Å². The second kappa shape index (κ2) is 21.7. The van der Waals surface area contributed by atoms with E-state index in [-0.39, 0.29) is 47.5 Å². The number of amides is 6. The van der Waals surface area contributed by atoms with Crippen molar-refractivity contribution >= 4 is 62.9 Å². The van der Waals surface area contributed by atoms with Gasteiger partial charge in [-0.25, -0.2) is 19.6 Å². The number of benzene rings is 3. The first kappa shape index (κ1) is 49.7. The quantitative estimate of drug-likeness (QED) is 0.118. The number of nitrogens with zero attached hydrogens (tertiary/aromatic N) is 3.